The van der Waals surface area contributed by atoms with E-state index in [-0.39, 0.29) is 62.9 Å². The van der Waals surface area contributed by atoms with Gasteiger partial charge in [-0.3, -0.25) is 14.4 Å². The number of ether oxygens (including phenoxy) is 1. The Morgan fingerprint density at radius 2 is 1.57 bits per heavy atom. The average molecular weight is 511 g/mol. The largest absolute Gasteiger partial charge is 0.469 e. The van der Waals surface area contributed by atoms with E-state index in [1.165, 1.54) is 12.7 Å². The summed E-state index contributed by atoms with van der Waals surface area (Å²) in [5.41, 5.74) is 0.995. The second-order valence-corrected chi connectivity index (χ2v) is 14.2. The lowest BCUT2D eigenvalue weighted by Gasteiger charge is -2.68. The minimum Gasteiger partial charge on any atom is -0.469 e. The molecule has 2 unspecified atom stereocenters. The van der Waals surface area contributed by atoms with Gasteiger partial charge < -0.3 is 4.74 Å². The molecule has 0 N–H and O–H groups in total. The lowest BCUT2D eigenvalue weighted by Crippen LogP contribution is -2.65. The number of esters is 1. The Morgan fingerprint density at radius 1 is 0.946 bits per heavy atom. The van der Waals surface area contributed by atoms with Crippen molar-refractivity contribution in [2.45, 2.75) is 107 Å². The van der Waals surface area contributed by atoms with Gasteiger partial charge in [0.15, 0.2) is 11.6 Å². The molecule has 5 aliphatic rings. The summed E-state index contributed by atoms with van der Waals surface area (Å²) >= 11 is 0. The van der Waals surface area contributed by atoms with Crippen LogP contribution in [0.25, 0.3) is 0 Å². The smallest absolute Gasteiger partial charge is 0.312 e. The zero-order valence-corrected chi connectivity index (χ0v) is 25.0. The molecule has 4 nitrogen and oxygen atoms in total. The fourth-order valence-corrected chi connectivity index (χ4v) is 9.99. The summed E-state index contributed by atoms with van der Waals surface area (Å²) in [7, 11) is 1.51. The highest BCUT2D eigenvalue weighted by molar-refractivity contribution is 5.99. The highest BCUT2D eigenvalue weighted by Crippen LogP contribution is 2.73. The van der Waals surface area contributed by atoms with Crippen molar-refractivity contribution in [2.24, 2.45) is 50.7 Å². The highest BCUT2D eigenvalue weighted by Gasteiger charge is 2.70. The summed E-state index contributed by atoms with van der Waals surface area (Å²) in [6, 6.07) is 0. The first-order valence-electron chi connectivity index (χ1n) is 14.8. The van der Waals surface area contributed by atoms with Crippen molar-refractivity contribution < 1.29 is 19.1 Å². The molecule has 0 bridgehead atoms. The first-order chi connectivity index (χ1) is 17.2. The molecular formula is C33H50O4. The lowest BCUT2D eigenvalue weighted by atomic mass is 9.35. The van der Waals surface area contributed by atoms with Crippen LogP contribution in [0.4, 0.5) is 0 Å². The number of ketones is 2. The number of methoxy groups -OCH3 is 1. The van der Waals surface area contributed by atoms with Crippen LogP contribution < -0.4 is 0 Å². The third-order valence-electron chi connectivity index (χ3n) is 12.2. The number of allylic oxidation sites excluding steroid dienone is 4. The molecule has 0 heterocycles. The van der Waals surface area contributed by atoms with Crippen LogP contribution in [0.1, 0.15) is 107 Å². The predicted octanol–water partition coefficient (Wildman–Crippen LogP) is 7.51. The molecule has 8 atom stereocenters. The van der Waals surface area contributed by atoms with Gasteiger partial charge in [0.2, 0.25) is 0 Å². The van der Waals surface area contributed by atoms with Gasteiger partial charge in [0.05, 0.1) is 12.5 Å². The molecule has 0 aromatic rings. The Labute approximate surface area is 225 Å². The second-order valence-electron chi connectivity index (χ2n) is 14.2. The molecule has 0 amide bonds. The zero-order chi connectivity index (χ0) is 27.8. The van der Waals surface area contributed by atoms with Gasteiger partial charge in [0, 0.05) is 17.3 Å². The van der Waals surface area contributed by atoms with Crippen LogP contribution in [0.2, 0.25) is 0 Å². The van der Waals surface area contributed by atoms with Gasteiger partial charge in [0.25, 0.3) is 0 Å². The first-order valence-corrected chi connectivity index (χ1v) is 14.8. The van der Waals surface area contributed by atoms with E-state index in [9.17, 15) is 14.4 Å². The highest BCUT2D eigenvalue weighted by atomic mass is 16.5. The maximum Gasteiger partial charge on any atom is 0.312 e. The summed E-state index contributed by atoms with van der Waals surface area (Å²) in [5.74, 6) is 0.402. The Morgan fingerprint density at radius 3 is 2.19 bits per heavy atom. The van der Waals surface area contributed by atoms with Gasteiger partial charge in [0.1, 0.15) is 0 Å². The molecule has 0 saturated heterocycles. The zero-order valence-electron chi connectivity index (χ0n) is 25.0. The monoisotopic (exact) mass is 510 g/mol. The molecule has 0 aromatic heterocycles. The van der Waals surface area contributed by atoms with Gasteiger partial charge in [-0.1, -0.05) is 67.0 Å². The standard InChI is InChI=1S/C31H44O4.C2H6/c1-18-16-28(5)20(19(2)25(18)33)9-10-29(6)23(28)15-22(32)24-21-17-27(3,4)11-13-31(21,26(34)35-8)14-12-30(24,29)7;1-2/h15-16,19-21,24H,9-14,17H2,1-8H3;1-2H3/t19-,20-,21?,24?,28-,29+,30+,31-;/m0./s1. The van der Waals surface area contributed by atoms with Crippen molar-refractivity contribution >= 4 is 17.5 Å². The topological polar surface area (TPSA) is 60.4 Å². The third-order valence-corrected chi connectivity index (χ3v) is 12.2. The summed E-state index contributed by atoms with van der Waals surface area (Å²) in [5, 5.41) is 0. The summed E-state index contributed by atoms with van der Waals surface area (Å²) in [6.45, 7) is 19.6. The van der Waals surface area contributed by atoms with Gasteiger partial charge in [-0.05, 0) is 91.6 Å². The molecule has 3 saturated carbocycles. The fraction of sp³-hybridized carbons (Fsp3) is 0.788. The second kappa shape index (κ2) is 8.91. The number of fused-ring (bicyclic) bond motifs is 7. The maximum absolute atomic E-state index is 14.3. The summed E-state index contributed by atoms with van der Waals surface area (Å²) in [6.07, 6.45) is 10.5. The Bertz CT molecular complexity index is 1060. The van der Waals surface area contributed by atoms with E-state index in [2.05, 4.69) is 47.6 Å². The van der Waals surface area contributed by atoms with Crippen LogP contribution in [0.3, 0.4) is 0 Å². The molecule has 0 radical (unpaired) electrons. The number of rotatable bonds is 1. The number of carbonyl (C=O) groups excluding carboxylic acids is 3. The molecule has 5 aliphatic carbocycles. The van der Waals surface area contributed by atoms with E-state index in [0.717, 1.165) is 50.5 Å². The predicted molar refractivity (Wildman–Crippen MR) is 148 cm³/mol. The van der Waals surface area contributed by atoms with E-state index < -0.39 is 5.41 Å². The van der Waals surface area contributed by atoms with E-state index in [1.54, 1.807) is 0 Å². The van der Waals surface area contributed by atoms with Crippen molar-refractivity contribution in [2.75, 3.05) is 7.11 Å². The van der Waals surface area contributed by atoms with Crippen LogP contribution in [0.15, 0.2) is 23.3 Å². The molecule has 37 heavy (non-hydrogen) atoms. The van der Waals surface area contributed by atoms with E-state index in [0.29, 0.717) is 0 Å². The Balaban J connectivity index is 0.00000156. The SMILES string of the molecule is CC.COC(=O)[C@]12CCC(C)(C)CC1C1C(=O)C=C3[C@@]4(C)C=C(C)C(=O)[C@@H](C)[C@@H]4CC[C@@]3(C)[C@]1(C)CC2. The van der Waals surface area contributed by atoms with Crippen LogP contribution in [0.5, 0.6) is 0 Å². The molecule has 0 aromatic carbocycles. The number of Topliss-reactive ketones (excluding diaryl/α,β-unsaturated/α-hetero) is 1. The van der Waals surface area contributed by atoms with Crippen molar-refractivity contribution in [3.05, 3.63) is 23.3 Å². The quantitative estimate of drug-likeness (QED) is 0.342. The molecule has 4 heteroatoms. The average Bonchev–Trinajstić information content (AvgIpc) is 2.84. The fourth-order valence-electron chi connectivity index (χ4n) is 9.99. The van der Waals surface area contributed by atoms with Crippen molar-refractivity contribution in [3.8, 4) is 0 Å². The molecular weight excluding hydrogens is 460 g/mol. The normalized spacial score (nSPS) is 46.0. The van der Waals surface area contributed by atoms with E-state index in [1.807, 2.05) is 26.8 Å². The van der Waals surface area contributed by atoms with Crippen LogP contribution in [0, 0.1) is 50.7 Å². The first kappa shape index (κ1) is 28.3. The number of hydrogen-bond acceptors (Lipinski definition) is 4. The van der Waals surface area contributed by atoms with Gasteiger partial charge in [-0.15, -0.1) is 0 Å². The van der Waals surface area contributed by atoms with Crippen LogP contribution >= 0.6 is 0 Å². The number of carbonyl (C=O) groups is 3. The minimum absolute atomic E-state index is 0.00856. The van der Waals surface area contributed by atoms with E-state index >= 15 is 0 Å². The van der Waals surface area contributed by atoms with Crippen molar-refractivity contribution in [3.63, 3.8) is 0 Å². The van der Waals surface area contributed by atoms with Gasteiger partial charge in [-0.25, -0.2) is 0 Å². The summed E-state index contributed by atoms with van der Waals surface area (Å²) in [4.78, 5) is 40.5. The lowest BCUT2D eigenvalue weighted by molar-refractivity contribution is -0.190. The molecule has 206 valence electrons. The minimum atomic E-state index is -0.546. The van der Waals surface area contributed by atoms with Gasteiger partial charge in [-0.2, -0.15) is 0 Å². The molecule has 0 aliphatic heterocycles. The Hall–Kier alpha value is -1.71. The number of hydrogen-bond donors (Lipinski definition) is 0. The molecule has 0 spiro atoms. The van der Waals surface area contributed by atoms with Crippen molar-refractivity contribution in [1.82, 2.24) is 0 Å². The van der Waals surface area contributed by atoms with Crippen molar-refractivity contribution in [1.29, 1.82) is 0 Å². The van der Waals surface area contributed by atoms with E-state index in [4.69, 9.17) is 4.74 Å². The Kier molecular flexibility index (Phi) is 6.82. The maximum atomic E-state index is 14.3. The van der Waals surface area contributed by atoms with Gasteiger partial charge >= 0.3 is 5.97 Å². The van der Waals surface area contributed by atoms with Crippen LogP contribution in [-0.4, -0.2) is 24.6 Å². The third kappa shape index (κ3) is 3.63. The summed E-state index contributed by atoms with van der Waals surface area (Å²) < 4.78 is 5.41. The molecule has 5 rings (SSSR count). The van der Waals surface area contributed by atoms with Crippen LogP contribution in [-0.2, 0) is 19.1 Å². The molecule has 3 fully saturated rings.